The lowest BCUT2D eigenvalue weighted by atomic mass is 10.3. The van der Waals surface area contributed by atoms with Crippen LogP contribution in [0.3, 0.4) is 0 Å². The van der Waals surface area contributed by atoms with Crippen LogP contribution in [0.15, 0.2) is 0 Å². The number of nitrogens with one attached hydrogen (secondary N) is 1. The zero-order chi connectivity index (χ0) is 11.9. The molecule has 2 rings (SSSR count). The van der Waals surface area contributed by atoms with Gasteiger partial charge in [-0.05, 0) is 0 Å². The first-order valence-corrected chi connectivity index (χ1v) is 4.58. The highest BCUT2D eigenvalue weighted by molar-refractivity contribution is 5.92. The molecule has 18 heavy (non-hydrogen) atoms. The van der Waals surface area contributed by atoms with Crippen molar-refractivity contribution >= 4 is 30.7 Å². The third-order valence-electron chi connectivity index (χ3n) is 2.34. The summed E-state index contributed by atoms with van der Waals surface area (Å²) in [6.07, 6.45) is -4.66. The van der Waals surface area contributed by atoms with Gasteiger partial charge in [0.15, 0.2) is 5.69 Å². The number of hydrogen-bond acceptors (Lipinski definition) is 3. The standard InChI is InChI=1S/C8H9F3N4O.2ClH/c9-8(10,11)6-5(7(12)16)15-2-1-13-3-4(15)14-6;;/h13H,1-3H2,(H2,12,16);2*1H. The summed E-state index contributed by atoms with van der Waals surface area (Å²) in [5, 5.41) is 2.87. The van der Waals surface area contributed by atoms with Crippen LogP contribution in [0, 0.1) is 0 Å². The number of rotatable bonds is 1. The molecule has 10 heteroatoms. The topological polar surface area (TPSA) is 72.9 Å². The van der Waals surface area contributed by atoms with Crippen molar-refractivity contribution in [2.75, 3.05) is 6.54 Å². The maximum Gasteiger partial charge on any atom is 0.435 e. The van der Waals surface area contributed by atoms with Crippen LogP contribution in [0.4, 0.5) is 13.2 Å². The van der Waals surface area contributed by atoms with Crippen LogP contribution < -0.4 is 11.1 Å². The van der Waals surface area contributed by atoms with Crippen molar-refractivity contribution in [1.29, 1.82) is 0 Å². The van der Waals surface area contributed by atoms with E-state index in [0.29, 0.717) is 6.54 Å². The third kappa shape index (κ3) is 2.88. The Hall–Kier alpha value is -0.990. The van der Waals surface area contributed by atoms with E-state index < -0.39 is 23.5 Å². The summed E-state index contributed by atoms with van der Waals surface area (Å²) in [7, 11) is 0. The molecule has 0 radical (unpaired) electrons. The zero-order valence-corrected chi connectivity index (χ0v) is 10.6. The molecule has 2 heterocycles. The van der Waals surface area contributed by atoms with Gasteiger partial charge in [0.05, 0.1) is 6.54 Å². The molecule has 0 saturated carbocycles. The van der Waals surface area contributed by atoms with E-state index >= 15 is 0 Å². The molecule has 3 N–H and O–H groups in total. The molecule has 0 atom stereocenters. The van der Waals surface area contributed by atoms with E-state index in [1.807, 2.05) is 0 Å². The first kappa shape index (κ1) is 17.0. The number of amides is 1. The fourth-order valence-electron chi connectivity index (χ4n) is 1.71. The van der Waals surface area contributed by atoms with Gasteiger partial charge in [-0.3, -0.25) is 4.79 Å². The van der Waals surface area contributed by atoms with Crippen molar-refractivity contribution in [3.63, 3.8) is 0 Å². The largest absolute Gasteiger partial charge is 0.435 e. The van der Waals surface area contributed by atoms with Crippen molar-refractivity contribution in [2.24, 2.45) is 5.73 Å². The van der Waals surface area contributed by atoms with Crippen molar-refractivity contribution in [2.45, 2.75) is 19.3 Å². The monoisotopic (exact) mass is 306 g/mol. The fraction of sp³-hybridized carbons (Fsp3) is 0.500. The number of carbonyl (C=O) groups is 1. The summed E-state index contributed by atoms with van der Waals surface area (Å²) < 4.78 is 39.0. The molecular weight excluding hydrogens is 296 g/mol. The number of nitrogens with zero attached hydrogens (tertiary/aromatic N) is 2. The molecule has 0 saturated heterocycles. The number of alkyl halides is 3. The minimum absolute atomic E-state index is 0. The third-order valence-corrected chi connectivity index (χ3v) is 2.34. The summed E-state index contributed by atoms with van der Waals surface area (Å²) in [5.74, 6) is -0.916. The fourth-order valence-corrected chi connectivity index (χ4v) is 1.71. The molecule has 0 aliphatic carbocycles. The Bertz CT molecular complexity index is 446. The minimum atomic E-state index is -4.66. The molecule has 5 nitrogen and oxygen atoms in total. The number of nitrogens with two attached hydrogens (primary N) is 1. The molecule has 0 bridgehead atoms. The summed E-state index contributed by atoms with van der Waals surface area (Å²) in [6.45, 7) is 0.952. The van der Waals surface area contributed by atoms with Gasteiger partial charge in [0.1, 0.15) is 11.5 Å². The van der Waals surface area contributed by atoms with Gasteiger partial charge in [-0.2, -0.15) is 13.2 Å². The Morgan fingerprint density at radius 1 is 1.39 bits per heavy atom. The molecule has 0 aromatic carbocycles. The van der Waals surface area contributed by atoms with Crippen molar-refractivity contribution < 1.29 is 18.0 Å². The number of primary amides is 1. The van der Waals surface area contributed by atoms with E-state index in [1.54, 1.807) is 0 Å². The van der Waals surface area contributed by atoms with Gasteiger partial charge in [0.25, 0.3) is 5.91 Å². The number of imidazole rings is 1. The highest BCUT2D eigenvalue weighted by Gasteiger charge is 2.40. The zero-order valence-electron chi connectivity index (χ0n) is 8.95. The Morgan fingerprint density at radius 2 is 2.00 bits per heavy atom. The lowest BCUT2D eigenvalue weighted by Gasteiger charge is -2.16. The van der Waals surface area contributed by atoms with Gasteiger partial charge < -0.3 is 15.6 Å². The van der Waals surface area contributed by atoms with Crippen LogP contribution in [-0.2, 0) is 19.3 Å². The van der Waals surface area contributed by atoms with Gasteiger partial charge in [-0.15, -0.1) is 24.8 Å². The summed E-state index contributed by atoms with van der Waals surface area (Å²) in [5.41, 5.74) is 3.21. The quantitative estimate of drug-likeness (QED) is 0.811. The van der Waals surface area contributed by atoms with Gasteiger partial charge in [-0.1, -0.05) is 0 Å². The average Bonchev–Trinajstić information content (AvgIpc) is 2.55. The predicted molar refractivity (Wildman–Crippen MR) is 61.9 cm³/mol. The molecule has 0 fully saturated rings. The maximum absolute atomic E-state index is 12.6. The second kappa shape index (κ2) is 5.77. The van der Waals surface area contributed by atoms with Crippen molar-refractivity contribution in [1.82, 2.24) is 14.9 Å². The van der Waals surface area contributed by atoms with E-state index in [0.717, 1.165) is 0 Å². The molecule has 1 aromatic rings. The summed E-state index contributed by atoms with van der Waals surface area (Å²) >= 11 is 0. The van der Waals surface area contributed by atoms with Crippen LogP contribution in [0.2, 0.25) is 0 Å². The molecule has 1 aromatic heterocycles. The van der Waals surface area contributed by atoms with Crippen LogP contribution in [0.25, 0.3) is 0 Å². The molecule has 0 unspecified atom stereocenters. The minimum Gasteiger partial charge on any atom is -0.364 e. The van der Waals surface area contributed by atoms with E-state index in [4.69, 9.17) is 5.73 Å². The maximum atomic E-state index is 12.6. The lowest BCUT2D eigenvalue weighted by molar-refractivity contribution is -0.141. The number of aromatic nitrogens is 2. The molecule has 0 spiro atoms. The second-order valence-corrected chi connectivity index (χ2v) is 3.42. The number of halogens is 5. The van der Waals surface area contributed by atoms with Crippen LogP contribution >= 0.6 is 24.8 Å². The summed E-state index contributed by atoms with van der Waals surface area (Å²) in [6, 6.07) is 0. The van der Waals surface area contributed by atoms with E-state index in [1.165, 1.54) is 4.57 Å². The molecule has 104 valence electrons. The van der Waals surface area contributed by atoms with Gasteiger partial charge in [-0.25, -0.2) is 4.98 Å². The lowest BCUT2D eigenvalue weighted by Crippen LogP contribution is -2.31. The van der Waals surface area contributed by atoms with E-state index in [2.05, 4.69) is 10.3 Å². The molecule has 1 aliphatic heterocycles. The Morgan fingerprint density at radius 3 is 2.50 bits per heavy atom. The SMILES string of the molecule is Cl.Cl.NC(=O)c1c(C(F)(F)F)nc2n1CCNC2. The first-order valence-electron chi connectivity index (χ1n) is 4.58. The van der Waals surface area contributed by atoms with Crippen molar-refractivity contribution in [3.8, 4) is 0 Å². The van der Waals surface area contributed by atoms with Crippen LogP contribution in [0.1, 0.15) is 22.0 Å². The van der Waals surface area contributed by atoms with Crippen molar-refractivity contribution in [3.05, 3.63) is 17.2 Å². The van der Waals surface area contributed by atoms with Crippen LogP contribution in [-0.4, -0.2) is 22.0 Å². The second-order valence-electron chi connectivity index (χ2n) is 3.42. The molecule has 1 aliphatic rings. The first-order chi connectivity index (χ1) is 7.41. The number of hydrogen-bond donors (Lipinski definition) is 2. The van der Waals surface area contributed by atoms with Gasteiger partial charge in [0, 0.05) is 13.1 Å². The number of carbonyl (C=O) groups excluding carboxylic acids is 1. The molecule has 1 amide bonds. The van der Waals surface area contributed by atoms with E-state index in [9.17, 15) is 18.0 Å². The average molecular weight is 307 g/mol. The Labute approximate surface area is 113 Å². The Kier molecular flexibility index (Phi) is 5.45. The van der Waals surface area contributed by atoms with E-state index in [-0.39, 0.29) is 43.7 Å². The molecular formula is C8H11Cl2F3N4O. The highest BCUT2D eigenvalue weighted by atomic mass is 35.5. The normalized spacial score (nSPS) is 14.2. The Balaban J connectivity index is 0.00000144. The van der Waals surface area contributed by atoms with Gasteiger partial charge in [0.2, 0.25) is 0 Å². The van der Waals surface area contributed by atoms with Crippen LogP contribution in [0.5, 0.6) is 0 Å². The summed E-state index contributed by atoms with van der Waals surface area (Å²) in [4.78, 5) is 14.5. The van der Waals surface area contributed by atoms with Gasteiger partial charge >= 0.3 is 6.18 Å². The smallest absolute Gasteiger partial charge is 0.364 e. The highest BCUT2D eigenvalue weighted by Crippen LogP contribution is 2.32. The number of fused-ring (bicyclic) bond motifs is 1. The predicted octanol–water partition coefficient (Wildman–Crippen LogP) is 0.948.